The maximum absolute atomic E-state index is 4.98. The van der Waals surface area contributed by atoms with E-state index < -0.39 is 0 Å². The Balaban J connectivity index is 1.11. The zero-order valence-corrected chi connectivity index (χ0v) is 29.1. The van der Waals surface area contributed by atoms with Crippen molar-refractivity contribution in [1.82, 2.24) is 24.1 Å². The molecule has 5 heteroatoms. The van der Waals surface area contributed by atoms with Crippen LogP contribution < -0.4 is 0 Å². The predicted molar refractivity (Wildman–Crippen MR) is 222 cm³/mol. The Morgan fingerprint density at radius 2 is 0.852 bits per heavy atom. The fourth-order valence-corrected chi connectivity index (χ4v) is 8.08. The van der Waals surface area contributed by atoms with Crippen LogP contribution in [0.4, 0.5) is 0 Å². The summed E-state index contributed by atoms with van der Waals surface area (Å²) in [5.74, 6) is 1.95. The van der Waals surface area contributed by atoms with Crippen molar-refractivity contribution in [2.45, 2.75) is 0 Å². The van der Waals surface area contributed by atoms with Gasteiger partial charge in [0.2, 0.25) is 0 Å². The van der Waals surface area contributed by atoms with Crippen molar-refractivity contribution in [2.75, 3.05) is 0 Å². The molecule has 0 amide bonds. The molecule has 0 fully saturated rings. The maximum atomic E-state index is 4.98. The van der Waals surface area contributed by atoms with Gasteiger partial charge in [-0.1, -0.05) is 140 Å². The van der Waals surface area contributed by atoms with Crippen molar-refractivity contribution in [2.24, 2.45) is 0 Å². The summed E-state index contributed by atoms with van der Waals surface area (Å²) in [5, 5.41) is 7.21. The minimum atomic E-state index is 0.647. The van der Waals surface area contributed by atoms with Crippen molar-refractivity contribution < 1.29 is 0 Å². The molecule has 0 saturated carbocycles. The minimum Gasteiger partial charge on any atom is -0.309 e. The van der Waals surface area contributed by atoms with Crippen LogP contribution in [0.15, 0.2) is 188 Å². The van der Waals surface area contributed by atoms with Gasteiger partial charge in [0, 0.05) is 49.6 Å². The largest absolute Gasteiger partial charge is 0.309 e. The van der Waals surface area contributed by atoms with Gasteiger partial charge in [-0.25, -0.2) is 15.0 Å². The lowest BCUT2D eigenvalue weighted by Gasteiger charge is -2.12. The lowest BCUT2D eigenvalue weighted by atomic mass is 10.0. The third-order valence-corrected chi connectivity index (χ3v) is 10.5. The molecule has 8 aromatic carbocycles. The van der Waals surface area contributed by atoms with Gasteiger partial charge in [0.25, 0.3) is 0 Å². The van der Waals surface area contributed by atoms with E-state index in [1.807, 2.05) is 60.7 Å². The van der Waals surface area contributed by atoms with Crippen molar-refractivity contribution in [3.63, 3.8) is 0 Å². The van der Waals surface area contributed by atoms with Gasteiger partial charge in [-0.05, 0) is 59.3 Å². The Hall–Kier alpha value is -7.37. The van der Waals surface area contributed by atoms with Gasteiger partial charge in [0.15, 0.2) is 17.5 Å². The zero-order valence-electron chi connectivity index (χ0n) is 29.1. The first-order valence-electron chi connectivity index (χ1n) is 18.2. The molecule has 0 radical (unpaired) electrons. The van der Waals surface area contributed by atoms with Crippen LogP contribution in [0.25, 0.3) is 99.9 Å². The summed E-state index contributed by atoms with van der Waals surface area (Å²) in [7, 11) is 0. The van der Waals surface area contributed by atoms with Crippen LogP contribution in [0, 0.1) is 0 Å². The molecular formula is C49H31N5. The Morgan fingerprint density at radius 3 is 1.54 bits per heavy atom. The summed E-state index contributed by atoms with van der Waals surface area (Å²) in [6, 6.07) is 66.3. The molecule has 0 N–H and O–H groups in total. The third kappa shape index (κ3) is 4.76. The highest BCUT2D eigenvalue weighted by Gasteiger charge is 2.21. The second-order valence-corrected chi connectivity index (χ2v) is 13.7. The molecule has 11 aromatic rings. The van der Waals surface area contributed by atoms with Crippen LogP contribution in [0.1, 0.15) is 0 Å². The predicted octanol–water partition coefficient (Wildman–Crippen LogP) is 12.2. The summed E-state index contributed by atoms with van der Waals surface area (Å²) in [5.41, 5.74) is 9.89. The fraction of sp³-hybridized carbons (Fsp3) is 0. The summed E-state index contributed by atoms with van der Waals surface area (Å²) >= 11 is 0. The van der Waals surface area contributed by atoms with Crippen LogP contribution in [-0.2, 0) is 0 Å². The van der Waals surface area contributed by atoms with Gasteiger partial charge in [0.1, 0.15) is 0 Å². The molecule has 3 heterocycles. The molecule has 54 heavy (non-hydrogen) atoms. The number of aromatic nitrogens is 5. The lowest BCUT2D eigenvalue weighted by Crippen LogP contribution is -2.00. The van der Waals surface area contributed by atoms with Gasteiger partial charge in [-0.2, -0.15) is 0 Å². The Labute approximate surface area is 311 Å². The molecular weight excluding hydrogens is 659 g/mol. The number of hydrogen-bond donors (Lipinski definition) is 0. The molecule has 252 valence electrons. The Morgan fingerprint density at radius 1 is 0.315 bits per heavy atom. The van der Waals surface area contributed by atoms with Crippen LogP contribution >= 0.6 is 0 Å². The Bertz CT molecular complexity index is 3140. The normalized spacial score (nSPS) is 11.7. The summed E-state index contributed by atoms with van der Waals surface area (Å²) < 4.78 is 4.84. The number of hydrogen-bond acceptors (Lipinski definition) is 3. The van der Waals surface area contributed by atoms with Crippen LogP contribution in [0.2, 0.25) is 0 Å². The SMILES string of the molecule is c1ccc(-c2nc(-c3ccccc3)nc(-c3ccc4cc(-n5c6ccccc6c6ccc7c(c8ccccc8n7-c7ccccc7)c65)ccc4c3)n2)cc1. The van der Waals surface area contributed by atoms with E-state index in [4.69, 9.17) is 15.0 Å². The van der Waals surface area contributed by atoms with Crippen LogP contribution in [0.5, 0.6) is 0 Å². The number of fused-ring (bicyclic) bond motifs is 8. The highest BCUT2D eigenvalue weighted by molar-refractivity contribution is 6.26. The quantitative estimate of drug-likeness (QED) is 0.181. The second kappa shape index (κ2) is 12.1. The van der Waals surface area contributed by atoms with E-state index >= 15 is 0 Å². The Kier molecular flexibility index (Phi) is 6.79. The van der Waals surface area contributed by atoms with Crippen molar-refractivity contribution >= 4 is 54.4 Å². The van der Waals surface area contributed by atoms with Gasteiger partial charge < -0.3 is 9.13 Å². The van der Waals surface area contributed by atoms with E-state index in [0.29, 0.717) is 17.5 Å². The number of rotatable bonds is 5. The number of nitrogens with zero attached hydrogens (tertiary/aromatic N) is 5. The first-order valence-corrected chi connectivity index (χ1v) is 18.2. The molecule has 0 saturated heterocycles. The summed E-state index contributed by atoms with van der Waals surface area (Å²) in [6.45, 7) is 0. The van der Waals surface area contributed by atoms with Gasteiger partial charge in [-0.15, -0.1) is 0 Å². The highest BCUT2D eigenvalue weighted by Crippen LogP contribution is 2.42. The van der Waals surface area contributed by atoms with Gasteiger partial charge >= 0.3 is 0 Å². The van der Waals surface area contributed by atoms with E-state index in [1.54, 1.807) is 0 Å². The molecule has 11 rings (SSSR count). The third-order valence-electron chi connectivity index (χ3n) is 10.5. The van der Waals surface area contributed by atoms with Gasteiger partial charge in [0.05, 0.1) is 22.1 Å². The maximum Gasteiger partial charge on any atom is 0.164 e. The van der Waals surface area contributed by atoms with E-state index in [9.17, 15) is 0 Å². The fourth-order valence-electron chi connectivity index (χ4n) is 8.08. The lowest BCUT2D eigenvalue weighted by molar-refractivity contribution is 1.07. The first kappa shape index (κ1) is 30.3. The number of para-hydroxylation sites is 3. The van der Waals surface area contributed by atoms with Crippen LogP contribution in [-0.4, -0.2) is 24.1 Å². The average molecular weight is 690 g/mol. The topological polar surface area (TPSA) is 48.5 Å². The average Bonchev–Trinajstić information content (AvgIpc) is 3.77. The molecule has 0 aliphatic rings. The van der Waals surface area contributed by atoms with E-state index in [2.05, 4.69) is 137 Å². The van der Waals surface area contributed by atoms with Gasteiger partial charge in [-0.3, -0.25) is 0 Å². The molecule has 0 unspecified atom stereocenters. The molecule has 0 spiro atoms. The number of benzene rings is 8. The smallest absolute Gasteiger partial charge is 0.164 e. The highest BCUT2D eigenvalue weighted by atomic mass is 15.0. The summed E-state index contributed by atoms with van der Waals surface area (Å²) in [6.07, 6.45) is 0. The summed E-state index contributed by atoms with van der Waals surface area (Å²) in [4.78, 5) is 14.8. The molecule has 0 aliphatic carbocycles. The molecule has 5 nitrogen and oxygen atoms in total. The van der Waals surface area contributed by atoms with Crippen molar-refractivity contribution in [3.8, 4) is 45.5 Å². The molecule has 0 aliphatic heterocycles. The zero-order chi connectivity index (χ0) is 35.6. The standard InChI is InChI=1S/C49H31N5/c1-4-14-32(15-5-1)47-50-48(33-16-6-2-7-17-33)52-49(51-47)36-25-24-35-31-38(27-26-34(35)30-36)54-42-22-12-10-20-39(42)40-28-29-44-45(46(40)54)41-21-11-13-23-43(41)53(44)37-18-8-3-9-19-37/h1-31H. The molecule has 0 atom stereocenters. The van der Waals surface area contributed by atoms with E-state index in [0.717, 1.165) is 38.8 Å². The van der Waals surface area contributed by atoms with E-state index in [-0.39, 0.29) is 0 Å². The van der Waals surface area contributed by atoms with Crippen LogP contribution in [0.3, 0.4) is 0 Å². The van der Waals surface area contributed by atoms with E-state index in [1.165, 1.54) is 43.6 Å². The molecule has 3 aromatic heterocycles. The monoisotopic (exact) mass is 689 g/mol. The minimum absolute atomic E-state index is 0.647. The molecule has 0 bridgehead atoms. The van der Waals surface area contributed by atoms with Crippen molar-refractivity contribution in [1.29, 1.82) is 0 Å². The first-order chi connectivity index (χ1) is 26.8. The second-order valence-electron chi connectivity index (χ2n) is 13.7. The van der Waals surface area contributed by atoms with Crippen molar-refractivity contribution in [3.05, 3.63) is 188 Å².